The number of methoxy groups -OCH3 is 1. The van der Waals surface area contributed by atoms with E-state index < -0.39 is 15.3 Å². The van der Waals surface area contributed by atoms with Gasteiger partial charge in [-0.1, -0.05) is 6.92 Å². The molecular formula is C17H25N3O6S. The standard InChI is InChI=1S/C17H25N3O6S/c1-4-13(21)19-27(23)9-5-17(6-10-27)11-20(7-8-25-17)16(22)14-12(2)26-18-15(14)24-3/h4-11H2,1-3H3. The van der Waals surface area contributed by atoms with Crippen LogP contribution in [0.3, 0.4) is 0 Å². The van der Waals surface area contributed by atoms with Gasteiger partial charge in [0.05, 0.1) is 35.6 Å². The Morgan fingerprint density at radius 2 is 2.07 bits per heavy atom. The largest absolute Gasteiger partial charge is 0.478 e. The average molecular weight is 399 g/mol. The van der Waals surface area contributed by atoms with E-state index in [2.05, 4.69) is 9.52 Å². The van der Waals surface area contributed by atoms with Crippen molar-refractivity contribution in [1.29, 1.82) is 0 Å². The van der Waals surface area contributed by atoms with Crippen LogP contribution in [-0.4, -0.2) is 70.0 Å². The molecule has 2 aliphatic heterocycles. The highest BCUT2D eigenvalue weighted by Gasteiger charge is 2.43. The molecule has 2 amide bonds. The molecule has 2 saturated heterocycles. The van der Waals surface area contributed by atoms with E-state index in [-0.39, 0.29) is 24.1 Å². The Kier molecular flexibility index (Phi) is 5.57. The number of amides is 2. The van der Waals surface area contributed by atoms with Crippen molar-refractivity contribution >= 4 is 21.5 Å². The number of carbonyl (C=O) groups is 2. The van der Waals surface area contributed by atoms with Crippen molar-refractivity contribution < 1.29 is 27.8 Å². The molecule has 0 saturated carbocycles. The molecule has 1 spiro atoms. The van der Waals surface area contributed by atoms with E-state index >= 15 is 0 Å². The van der Waals surface area contributed by atoms with Crippen LogP contribution in [0, 0.1) is 6.92 Å². The van der Waals surface area contributed by atoms with Crippen LogP contribution >= 0.6 is 0 Å². The summed E-state index contributed by atoms with van der Waals surface area (Å²) >= 11 is 0. The molecule has 9 nitrogen and oxygen atoms in total. The number of rotatable bonds is 3. The van der Waals surface area contributed by atoms with Crippen molar-refractivity contribution in [3.8, 4) is 5.88 Å². The number of hydrogen-bond acceptors (Lipinski definition) is 7. The smallest absolute Gasteiger partial charge is 0.267 e. The molecule has 1 aromatic rings. The molecule has 10 heteroatoms. The molecule has 3 rings (SSSR count). The third-order valence-electron chi connectivity index (χ3n) is 5.10. The quantitative estimate of drug-likeness (QED) is 0.755. The predicted molar refractivity (Wildman–Crippen MR) is 97.2 cm³/mol. The van der Waals surface area contributed by atoms with Crippen molar-refractivity contribution in [3.05, 3.63) is 11.3 Å². The fourth-order valence-electron chi connectivity index (χ4n) is 3.47. The fraction of sp³-hybridized carbons (Fsp3) is 0.706. The normalized spacial score (nSPS) is 28.2. The molecule has 0 bridgehead atoms. The molecule has 0 aliphatic carbocycles. The summed E-state index contributed by atoms with van der Waals surface area (Å²) in [4.78, 5) is 26.2. The van der Waals surface area contributed by atoms with Gasteiger partial charge in [0.2, 0.25) is 0 Å². The van der Waals surface area contributed by atoms with Crippen LogP contribution in [0.25, 0.3) is 0 Å². The second-order valence-corrected chi connectivity index (χ2v) is 9.44. The summed E-state index contributed by atoms with van der Waals surface area (Å²) in [5, 5.41) is 3.75. The van der Waals surface area contributed by atoms with Gasteiger partial charge < -0.3 is 18.9 Å². The Labute approximate surface area is 158 Å². The Balaban J connectivity index is 1.74. The molecule has 3 heterocycles. The Morgan fingerprint density at radius 3 is 2.70 bits per heavy atom. The zero-order valence-corrected chi connectivity index (χ0v) is 16.7. The van der Waals surface area contributed by atoms with Gasteiger partial charge in [-0.2, -0.15) is 4.36 Å². The molecule has 0 aromatic carbocycles. The zero-order valence-electron chi connectivity index (χ0n) is 15.9. The number of aromatic nitrogens is 1. The lowest BCUT2D eigenvalue weighted by Gasteiger charge is -2.45. The minimum atomic E-state index is -2.53. The number of morpholine rings is 1. The van der Waals surface area contributed by atoms with Gasteiger partial charge in [0.15, 0.2) is 5.76 Å². The number of carbonyl (C=O) groups excluding carboxylic acids is 2. The molecule has 0 N–H and O–H groups in total. The minimum absolute atomic E-state index is 0.168. The lowest BCUT2D eigenvalue weighted by Crippen LogP contribution is -2.56. The summed E-state index contributed by atoms with van der Waals surface area (Å²) in [5.41, 5.74) is -0.240. The number of ether oxygens (including phenoxy) is 2. The van der Waals surface area contributed by atoms with E-state index in [1.165, 1.54) is 7.11 Å². The molecule has 0 atom stereocenters. The topological polar surface area (TPSA) is 111 Å². The molecule has 2 fully saturated rings. The maximum atomic E-state index is 13.0. The van der Waals surface area contributed by atoms with Crippen LogP contribution in [0.1, 0.15) is 42.3 Å². The molecule has 0 radical (unpaired) electrons. The van der Waals surface area contributed by atoms with E-state index in [9.17, 15) is 13.8 Å². The van der Waals surface area contributed by atoms with Gasteiger partial charge >= 0.3 is 0 Å². The van der Waals surface area contributed by atoms with Gasteiger partial charge in [-0.3, -0.25) is 9.59 Å². The number of hydrogen-bond donors (Lipinski definition) is 0. The van der Waals surface area contributed by atoms with Crippen molar-refractivity contribution in [3.63, 3.8) is 0 Å². The van der Waals surface area contributed by atoms with E-state index in [1.54, 1.807) is 18.7 Å². The lowest BCUT2D eigenvalue weighted by molar-refractivity contribution is -0.117. The van der Waals surface area contributed by atoms with E-state index in [0.717, 1.165) is 0 Å². The SMILES string of the molecule is CCC(=O)N=S1(=O)CCC2(CC1)CN(C(=O)c1c(OC)noc1C)CCO2. The number of nitrogens with zero attached hydrogens (tertiary/aromatic N) is 3. The van der Waals surface area contributed by atoms with Gasteiger partial charge in [-0.25, -0.2) is 4.21 Å². The van der Waals surface area contributed by atoms with Gasteiger partial charge in [-0.15, -0.1) is 0 Å². The van der Waals surface area contributed by atoms with E-state index in [1.807, 2.05) is 0 Å². The third-order valence-corrected chi connectivity index (χ3v) is 7.32. The fourth-order valence-corrected chi connectivity index (χ4v) is 5.74. The second-order valence-electron chi connectivity index (χ2n) is 6.90. The zero-order chi connectivity index (χ0) is 19.7. The molecule has 150 valence electrons. The summed E-state index contributed by atoms with van der Waals surface area (Å²) in [6, 6.07) is 0. The highest BCUT2D eigenvalue weighted by Crippen LogP contribution is 2.33. The van der Waals surface area contributed by atoms with Gasteiger partial charge in [0, 0.05) is 24.5 Å². The Hall–Kier alpha value is -1.94. The lowest BCUT2D eigenvalue weighted by atomic mass is 9.94. The molecule has 0 unspecified atom stereocenters. The Bertz CT molecular complexity index is 841. The van der Waals surface area contributed by atoms with Crippen LogP contribution in [0.2, 0.25) is 0 Å². The summed E-state index contributed by atoms with van der Waals surface area (Å²) in [5.74, 6) is 0.632. The molecule has 27 heavy (non-hydrogen) atoms. The van der Waals surface area contributed by atoms with Gasteiger partial charge in [-0.05, 0) is 24.9 Å². The predicted octanol–water partition coefficient (Wildman–Crippen LogP) is 1.40. The van der Waals surface area contributed by atoms with Crippen molar-refractivity contribution in [2.24, 2.45) is 4.36 Å². The molecular weight excluding hydrogens is 374 g/mol. The summed E-state index contributed by atoms with van der Waals surface area (Å²) in [7, 11) is -1.09. The van der Waals surface area contributed by atoms with Crippen molar-refractivity contribution in [2.75, 3.05) is 38.3 Å². The first-order chi connectivity index (χ1) is 12.8. The van der Waals surface area contributed by atoms with Crippen molar-refractivity contribution in [1.82, 2.24) is 10.1 Å². The first-order valence-corrected chi connectivity index (χ1v) is 10.9. The first kappa shape index (κ1) is 19.8. The van der Waals surface area contributed by atoms with Crippen LogP contribution in [0.4, 0.5) is 0 Å². The Morgan fingerprint density at radius 1 is 1.37 bits per heavy atom. The van der Waals surface area contributed by atoms with Gasteiger partial charge in [0.1, 0.15) is 5.56 Å². The average Bonchev–Trinajstić information content (AvgIpc) is 3.04. The molecule has 2 aliphatic rings. The molecule has 1 aromatic heterocycles. The maximum absolute atomic E-state index is 13.0. The summed E-state index contributed by atoms with van der Waals surface area (Å²) < 4.78 is 32.9. The monoisotopic (exact) mass is 399 g/mol. The third kappa shape index (κ3) is 4.01. The minimum Gasteiger partial charge on any atom is -0.478 e. The van der Waals surface area contributed by atoms with E-state index in [0.29, 0.717) is 55.4 Å². The second kappa shape index (κ2) is 7.59. The van der Waals surface area contributed by atoms with Crippen LogP contribution in [0.5, 0.6) is 5.88 Å². The highest BCUT2D eigenvalue weighted by atomic mass is 32.2. The summed E-state index contributed by atoms with van der Waals surface area (Å²) in [6.07, 6.45) is 1.24. The highest BCUT2D eigenvalue weighted by molar-refractivity contribution is 7.93. The van der Waals surface area contributed by atoms with Crippen LogP contribution in [0.15, 0.2) is 8.89 Å². The van der Waals surface area contributed by atoms with E-state index in [4.69, 9.17) is 14.0 Å². The van der Waals surface area contributed by atoms with Crippen LogP contribution in [-0.2, 0) is 19.3 Å². The maximum Gasteiger partial charge on any atom is 0.267 e. The van der Waals surface area contributed by atoms with Crippen molar-refractivity contribution in [2.45, 2.75) is 38.7 Å². The number of aryl methyl sites for hydroxylation is 1. The summed E-state index contributed by atoms with van der Waals surface area (Å²) in [6.45, 7) is 4.60. The van der Waals surface area contributed by atoms with Crippen LogP contribution < -0.4 is 4.74 Å². The first-order valence-electron chi connectivity index (χ1n) is 9.00. The van der Waals surface area contributed by atoms with Gasteiger partial charge in [0.25, 0.3) is 17.7 Å².